The van der Waals surface area contributed by atoms with Crippen LogP contribution >= 0.6 is 0 Å². The maximum absolute atomic E-state index is 12.3. The van der Waals surface area contributed by atoms with Crippen molar-refractivity contribution in [3.8, 4) is 0 Å². The van der Waals surface area contributed by atoms with E-state index in [1.165, 1.54) is 25.0 Å². The summed E-state index contributed by atoms with van der Waals surface area (Å²) in [5.74, 6) is -6.04. The van der Waals surface area contributed by atoms with Gasteiger partial charge in [-0.05, 0) is 63.4 Å². The molecule has 2 rings (SSSR count). The van der Waals surface area contributed by atoms with Crippen LogP contribution in [0.2, 0.25) is 0 Å². The number of nitrogens with two attached hydrogens (primary N) is 3. The Morgan fingerprint density at radius 1 is 0.792 bits per heavy atom. The van der Waals surface area contributed by atoms with E-state index in [0.29, 0.717) is 50.2 Å². The van der Waals surface area contributed by atoms with E-state index in [1.54, 1.807) is 0 Å². The van der Waals surface area contributed by atoms with Crippen molar-refractivity contribution in [2.45, 2.75) is 82.5 Å². The number of aliphatic carboxylic acids is 3. The van der Waals surface area contributed by atoms with Gasteiger partial charge in [0, 0.05) is 67.2 Å². The first kappa shape index (κ1) is 50.2. The molecule has 53 heavy (non-hydrogen) atoms. The van der Waals surface area contributed by atoms with Gasteiger partial charge in [-0.15, -0.1) is 6.54 Å². The number of amides is 1. The van der Waals surface area contributed by atoms with Crippen LogP contribution in [0.25, 0.3) is 5.73 Å². The summed E-state index contributed by atoms with van der Waals surface area (Å²) in [6, 6.07) is -4.50. The molecule has 23 heteroatoms. The summed E-state index contributed by atoms with van der Waals surface area (Å²) in [4.78, 5) is 68.1. The van der Waals surface area contributed by atoms with Gasteiger partial charge in [0.25, 0.3) is 5.97 Å². The van der Waals surface area contributed by atoms with Gasteiger partial charge in [0.05, 0.1) is 18.7 Å². The first-order valence-corrected chi connectivity index (χ1v) is 16.1. The smallest absolute Gasteiger partial charge is 0.328 e. The van der Waals surface area contributed by atoms with Gasteiger partial charge in [-0.2, -0.15) is 0 Å². The summed E-state index contributed by atoms with van der Waals surface area (Å²) in [6.45, 7) is 1.04. The van der Waals surface area contributed by atoms with Crippen LogP contribution < -0.4 is 37.8 Å². The summed E-state index contributed by atoms with van der Waals surface area (Å²) in [5, 5.41) is 63.3. The maximum atomic E-state index is 12.3. The van der Waals surface area contributed by atoms with Crippen LogP contribution in [-0.4, -0.2) is 127 Å². The quantitative estimate of drug-likeness (QED) is 0.0239. The Bertz CT molecular complexity index is 1400. The van der Waals surface area contributed by atoms with Crippen molar-refractivity contribution in [2.24, 2.45) is 32.2 Å². The molecule has 0 aliphatic carbocycles. The number of aromatic amines is 2. The van der Waals surface area contributed by atoms with Crippen molar-refractivity contribution in [3.05, 3.63) is 42.2 Å². The normalized spacial score (nSPS) is 13.8. The molecule has 303 valence electrons. The number of aromatic nitrogens is 4. The summed E-state index contributed by atoms with van der Waals surface area (Å²) < 4.78 is 0. The third kappa shape index (κ3) is 24.0. The number of nitrogens with zero attached hydrogens (tertiary/aromatic N) is 5. The molecule has 1 amide bonds. The fraction of sp³-hybridized carbons (Fsp3) is 0.567. The number of imidazole rings is 2. The molecule has 0 saturated carbocycles. The fourth-order valence-corrected chi connectivity index (χ4v) is 4.02. The van der Waals surface area contributed by atoms with Crippen LogP contribution in [0.4, 0.5) is 0 Å². The summed E-state index contributed by atoms with van der Waals surface area (Å²) >= 11 is 0. The zero-order valence-electron chi connectivity index (χ0n) is 29.1. The topological polar surface area (TPSA) is 406 Å². The van der Waals surface area contributed by atoms with Crippen LogP contribution in [0, 0.1) is 0 Å². The second-order valence-electron chi connectivity index (χ2n) is 10.8. The number of carbonyl (C=O) groups excluding carboxylic acids is 1. The van der Waals surface area contributed by atoms with Crippen molar-refractivity contribution >= 4 is 41.5 Å². The number of hydrogen-bond acceptors (Lipinski definition) is 15. The minimum atomic E-state index is -1.20. The number of aliphatic imine (C=N–C) groups is 3. The first-order chi connectivity index (χ1) is 24.7. The number of carboxylic acids is 3. The molecule has 0 aromatic carbocycles. The number of nitrogens with one attached hydrogen (secondary N) is 4. The van der Waals surface area contributed by atoms with E-state index >= 15 is 0 Å². The van der Waals surface area contributed by atoms with Gasteiger partial charge in [-0.1, -0.05) is 5.90 Å². The average molecular weight is 800 g/mol. The van der Waals surface area contributed by atoms with E-state index in [1.807, 2.05) is 0 Å². The molecule has 0 saturated heterocycles. The Labute approximate surface area is 316 Å². The zero-order chi connectivity index (χ0) is 39.5. The van der Waals surface area contributed by atoms with Crippen LogP contribution in [0.15, 0.2) is 40.0 Å². The Kier molecular flexibility index (Phi) is 28.0. The van der Waals surface area contributed by atoms with Gasteiger partial charge < -0.3 is 68.9 Å². The molecular weight excluding hydrogens is 752 g/mol. The Hall–Kier alpha value is -4.93. The van der Waals surface area contributed by atoms with Gasteiger partial charge in [-0.25, -0.2) is 19.6 Å². The van der Waals surface area contributed by atoms with Gasteiger partial charge >= 0.3 is 11.9 Å². The molecular formula is C30H48CuN12O10-4. The Morgan fingerprint density at radius 2 is 1.28 bits per heavy atom. The second-order valence-corrected chi connectivity index (χ2v) is 10.8. The molecule has 13 N–H and O–H groups in total. The van der Waals surface area contributed by atoms with Crippen LogP contribution in [0.3, 0.4) is 0 Å². The molecule has 0 fully saturated rings. The molecule has 4 atom stereocenters. The van der Waals surface area contributed by atoms with Crippen LogP contribution in [0.1, 0.15) is 56.8 Å². The van der Waals surface area contributed by atoms with E-state index in [0.717, 1.165) is 6.92 Å². The van der Waals surface area contributed by atoms with E-state index in [2.05, 4.69) is 40.2 Å². The van der Waals surface area contributed by atoms with Crippen molar-refractivity contribution in [1.82, 2.24) is 25.3 Å². The summed E-state index contributed by atoms with van der Waals surface area (Å²) in [7, 11) is 0. The maximum Gasteiger partial charge on any atom is 0.328 e. The van der Waals surface area contributed by atoms with Crippen molar-refractivity contribution < 1.29 is 66.9 Å². The molecule has 2 aromatic heterocycles. The molecule has 22 nitrogen and oxygen atoms in total. The summed E-state index contributed by atoms with van der Waals surface area (Å²) in [6.07, 6.45) is 8.75. The van der Waals surface area contributed by atoms with Gasteiger partial charge in [0.1, 0.15) is 18.1 Å². The minimum Gasteiger partial charge on any atom is -0.863 e. The third-order valence-corrected chi connectivity index (χ3v) is 6.51. The molecule has 2 aromatic rings. The Morgan fingerprint density at radius 3 is 1.70 bits per heavy atom. The largest absolute Gasteiger partial charge is 0.863 e. The number of carbonyl (C=O) groups is 4. The van der Waals surface area contributed by atoms with Crippen LogP contribution in [-0.2, 0) is 49.1 Å². The molecule has 4 unspecified atom stereocenters. The Balaban J connectivity index is 0. The molecule has 0 spiro atoms. The van der Waals surface area contributed by atoms with E-state index in [9.17, 15) is 39.9 Å². The average Bonchev–Trinajstić information content (AvgIpc) is 3.81. The molecule has 0 aliphatic rings. The second kappa shape index (κ2) is 29.6. The van der Waals surface area contributed by atoms with Gasteiger partial charge in [0.15, 0.2) is 0 Å². The van der Waals surface area contributed by atoms with E-state index < -0.39 is 72.2 Å². The van der Waals surface area contributed by atoms with Crippen molar-refractivity contribution in [3.63, 3.8) is 0 Å². The number of hydrogen-bond donors (Lipinski definition) is 9. The molecule has 0 bridgehead atoms. The van der Waals surface area contributed by atoms with Crippen LogP contribution in [0.5, 0.6) is 0 Å². The van der Waals surface area contributed by atoms with E-state index in [-0.39, 0.29) is 49.3 Å². The van der Waals surface area contributed by atoms with Gasteiger partial charge in [0.2, 0.25) is 5.91 Å². The van der Waals surface area contributed by atoms with Crippen molar-refractivity contribution in [2.75, 3.05) is 26.2 Å². The zero-order valence-corrected chi connectivity index (χ0v) is 30.0. The standard InChI is InChI=1S/C14H24N6O4.C14H23N6O4.C2H4O2.Cu/c2*15-4-2-1-3-10(14(23)24)20-13(22)11(19-12(21)6-16)5-9-7-17-8-18-9;1-2(3)4;/h7-8,10-11H,1-6,15-16H2,(H,17,18)(H,19,21)(H,20,22)(H,23,24);7-8,10-11,16H,1-6,15H2,(H,17,18)(H,19,21)(H,20,22)(H,23,24);1H3,(H,3,4);/q;-1;;/p-3. The predicted molar refractivity (Wildman–Crippen MR) is 183 cm³/mol. The minimum absolute atomic E-state index is 0. The first-order valence-electron chi connectivity index (χ1n) is 16.1. The molecule has 0 aliphatic heterocycles. The number of rotatable bonds is 22. The number of carboxylic acid groups (broad SMARTS) is 3. The molecule has 2 heterocycles. The SMILES string of the molecule is CC(=O)O.NCCCCC(N=C([O-])C(Cc1cnc[nH]1)N=C([O-])CN)C(=O)O.[Cu].[NH-]CC([O-])=NC(Cc1cnc[nH]1)C(=O)NC(CCCCN)C(=O)O. The van der Waals surface area contributed by atoms with Crippen molar-refractivity contribution in [1.29, 1.82) is 0 Å². The predicted octanol–water partition coefficient (Wildman–Crippen LogP) is -3.70. The van der Waals surface area contributed by atoms with Gasteiger partial charge in [-0.3, -0.25) is 24.6 Å². The number of H-pyrrole nitrogens is 2. The number of unbranched alkanes of at least 4 members (excludes halogenated alkanes) is 2. The third-order valence-electron chi connectivity index (χ3n) is 6.51. The monoisotopic (exact) mass is 799 g/mol. The van der Waals surface area contributed by atoms with E-state index in [4.69, 9.17) is 32.8 Å². The fourth-order valence-electron chi connectivity index (χ4n) is 4.02. The molecule has 1 radical (unpaired) electrons. The summed E-state index contributed by atoms with van der Waals surface area (Å²) in [5.41, 5.74) is 24.1.